The number of hydrogen-bond acceptors (Lipinski definition) is 2. The van der Waals surface area contributed by atoms with E-state index in [9.17, 15) is 4.79 Å². The third-order valence-electron chi connectivity index (χ3n) is 3.66. The van der Waals surface area contributed by atoms with Gasteiger partial charge in [0.1, 0.15) is 6.54 Å². The smallest absolute Gasteiger partial charge is 0.244 e. The van der Waals surface area contributed by atoms with Crippen LogP contribution in [0.5, 0.6) is 0 Å². The lowest BCUT2D eigenvalue weighted by Gasteiger charge is -2.24. The fourth-order valence-electron chi connectivity index (χ4n) is 2.75. The number of nitrogens with zero attached hydrogens (tertiary/aromatic N) is 2. The van der Waals surface area contributed by atoms with Crippen molar-refractivity contribution in [1.82, 2.24) is 5.01 Å². The first kappa shape index (κ1) is 13.2. The van der Waals surface area contributed by atoms with Crippen LogP contribution in [-0.4, -0.2) is 23.2 Å². The number of hydrazone groups is 1. The Kier molecular flexibility index (Phi) is 3.50. The van der Waals surface area contributed by atoms with Gasteiger partial charge in [0.2, 0.25) is 5.91 Å². The summed E-state index contributed by atoms with van der Waals surface area (Å²) in [6.07, 6.45) is 2.16. The standard InChI is InChI=1S/C16H15ClN2O/c1-2-3-4-7-19-15(20)10-12-8-11-9-13(17)5-6-14(11)16(12)18-19/h5-6,9,12H,2,7-8,10H2,1H3. The zero-order valence-corrected chi connectivity index (χ0v) is 12.1. The van der Waals surface area contributed by atoms with Crippen molar-refractivity contribution in [2.24, 2.45) is 11.0 Å². The van der Waals surface area contributed by atoms with E-state index in [0.29, 0.717) is 13.0 Å². The zero-order chi connectivity index (χ0) is 14.1. The molecule has 0 radical (unpaired) electrons. The maximum absolute atomic E-state index is 12.1. The van der Waals surface area contributed by atoms with E-state index in [2.05, 4.69) is 16.9 Å². The molecule has 20 heavy (non-hydrogen) atoms. The van der Waals surface area contributed by atoms with Crippen LogP contribution in [0.25, 0.3) is 0 Å². The van der Waals surface area contributed by atoms with E-state index in [-0.39, 0.29) is 11.8 Å². The molecule has 0 aromatic heterocycles. The minimum absolute atomic E-state index is 0.0584. The summed E-state index contributed by atoms with van der Waals surface area (Å²) in [5.74, 6) is 6.21. The summed E-state index contributed by atoms with van der Waals surface area (Å²) < 4.78 is 0. The third kappa shape index (κ3) is 2.32. The van der Waals surface area contributed by atoms with Gasteiger partial charge in [-0.25, -0.2) is 5.01 Å². The van der Waals surface area contributed by atoms with Gasteiger partial charge in [-0.1, -0.05) is 30.5 Å². The number of fused-ring (bicyclic) bond motifs is 3. The minimum atomic E-state index is 0.0584. The average molecular weight is 287 g/mol. The molecule has 3 nitrogen and oxygen atoms in total. The van der Waals surface area contributed by atoms with Gasteiger partial charge in [0.15, 0.2) is 0 Å². The van der Waals surface area contributed by atoms with Gasteiger partial charge in [0.25, 0.3) is 0 Å². The van der Waals surface area contributed by atoms with Crippen LogP contribution in [0.2, 0.25) is 5.02 Å². The number of amides is 1. The molecule has 0 fully saturated rings. The molecule has 1 heterocycles. The molecule has 1 aliphatic heterocycles. The largest absolute Gasteiger partial charge is 0.273 e. The van der Waals surface area contributed by atoms with Gasteiger partial charge in [0.05, 0.1) is 5.71 Å². The Morgan fingerprint density at radius 2 is 2.25 bits per heavy atom. The Labute approximate surface area is 123 Å². The summed E-state index contributed by atoms with van der Waals surface area (Å²) >= 11 is 6.03. The topological polar surface area (TPSA) is 32.7 Å². The van der Waals surface area contributed by atoms with Gasteiger partial charge in [-0.15, -0.1) is 5.92 Å². The van der Waals surface area contributed by atoms with Gasteiger partial charge in [-0.05, 0) is 24.1 Å². The predicted octanol–water partition coefficient (Wildman–Crippen LogP) is 2.86. The van der Waals surface area contributed by atoms with Gasteiger partial charge < -0.3 is 0 Å². The molecule has 102 valence electrons. The van der Waals surface area contributed by atoms with Crippen molar-refractivity contribution >= 4 is 23.2 Å². The normalized spacial score (nSPS) is 19.9. The number of hydrogen-bond donors (Lipinski definition) is 0. The SMILES string of the molecule is CCC#CCN1N=C2c3ccc(Cl)cc3CC2CC1=O. The Morgan fingerprint density at radius 3 is 3.05 bits per heavy atom. The summed E-state index contributed by atoms with van der Waals surface area (Å²) in [5, 5.41) is 6.76. The quantitative estimate of drug-likeness (QED) is 0.731. The first-order chi connectivity index (χ1) is 9.69. The van der Waals surface area contributed by atoms with Crippen LogP contribution in [0.15, 0.2) is 23.3 Å². The molecule has 0 spiro atoms. The number of carbonyl (C=O) groups excluding carboxylic acids is 1. The lowest BCUT2D eigenvalue weighted by molar-refractivity contribution is -0.131. The van der Waals surface area contributed by atoms with Crippen LogP contribution in [0.1, 0.15) is 30.9 Å². The van der Waals surface area contributed by atoms with E-state index in [1.165, 1.54) is 10.6 Å². The van der Waals surface area contributed by atoms with Crippen LogP contribution in [0, 0.1) is 17.8 Å². The lowest BCUT2D eigenvalue weighted by Crippen LogP contribution is -2.36. The summed E-state index contributed by atoms with van der Waals surface area (Å²) in [6.45, 7) is 2.37. The van der Waals surface area contributed by atoms with Gasteiger partial charge >= 0.3 is 0 Å². The van der Waals surface area contributed by atoms with Crippen LogP contribution in [0.3, 0.4) is 0 Å². The molecule has 4 heteroatoms. The second-order valence-corrected chi connectivity index (χ2v) is 5.49. The van der Waals surface area contributed by atoms with E-state index in [1.54, 1.807) is 0 Å². The van der Waals surface area contributed by atoms with Crippen molar-refractivity contribution in [2.45, 2.75) is 26.2 Å². The Morgan fingerprint density at radius 1 is 1.40 bits per heavy atom. The highest BCUT2D eigenvalue weighted by molar-refractivity contribution is 6.31. The van der Waals surface area contributed by atoms with Crippen molar-refractivity contribution in [2.75, 3.05) is 6.54 Å². The molecular weight excluding hydrogens is 272 g/mol. The first-order valence-corrected chi connectivity index (χ1v) is 7.20. The molecule has 1 unspecified atom stereocenters. The molecule has 0 bridgehead atoms. The second-order valence-electron chi connectivity index (χ2n) is 5.05. The number of carbonyl (C=O) groups is 1. The Balaban J connectivity index is 1.92. The number of halogens is 1. The van der Waals surface area contributed by atoms with Crippen LogP contribution >= 0.6 is 11.6 Å². The molecule has 1 amide bonds. The van der Waals surface area contributed by atoms with Crippen molar-refractivity contribution in [3.63, 3.8) is 0 Å². The molecule has 0 N–H and O–H groups in total. The molecule has 1 aromatic carbocycles. The zero-order valence-electron chi connectivity index (χ0n) is 11.3. The molecule has 0 saturated heterocycles. The maximum Gasteiger partial charge on any atom is 0.244 e. The van der Waals surface area contributed by atoms with Crippen LogP contribution < -0.4 is 0 Å². The van der Waals surface area contributed by atoms with Gasteiger partial charge in [-0.3, -0.25) is 4.79 Å². The fourth-order valence-corrected chi connectivity index (χ4v) is 2.94. The second kappa shape index (κ2) is 5.30. The minimum Gasteiger partial charge on any atom is -0.273 e. The van der Waals surface area contributed by atoms with E-state index in [4.69, 9.17) is 11.6 Å². The summed E-state index contributed by atoms with van der Waals surface area (Å²) in [6, 6.07) is 5.86. The van der Waals surface area contributed by atoms with Crippen molar-refractivity contribution < 1.29 is 4.79 Å². The summed E-state index contributed by atoms with van der Waals surface area (Å²) in [7, 11) is 0. The van der Waals surface area contributed by atoms with Crippen LogP contribution in [0.4, 0.5) is 0 Å². The van der Waals surface area contributed by atoms with Gasteiger partial charge in [-0.2, -0.15) is 5.10 Å². The molecule has 2 aliphatic rings. The molecule has 1 aliphatic carbocycles. The monoisotopic (exact) mass is 286 g/mol. The van der Waals surface area contributed by atoms with E-state index in [1.807, 2.05) is 25.1 Å². The number of benzene rings is 1. The predicted molar refractivity (Wildman–Crippen MR) is 79.6 cm³/mol. The van der Waals surface area contributed by atoms with E-state index >= 15 is 0 Å². The fraction of sp³-hybridized carbons (Fsp3) is 0.375. The lowest BCUT2D eigenvalue weighted by atomic mass is 9.98. The third-order valence-corrected chi connectivity index (χ3v) is 3.90. The molecule has 1 aromatic rings. The highest BCUT2D eigenvalue weighted by Gasteiger charge is 2.35. The van der Waals surface area contributed by atoms with Crippen molar-refractivity contribution in [1.29, 1.82) is 0 Å². The van der Waals surface area contributed by atoms with Gasteiger partial charge in [0, 0.05) is 29.3 Å². The first-order valence-electron chi connectivity index (χ1n) is 6.82. The maximum atomic E-state index is 12.1. The highest BCUT2D eigenvalue weighted by atomic mass is 35.5. The average Bonchev–Trinajstić information content (AvgIpc) is 2.75. The Bertz CT molecular complexity index is 654. The molecule has 1 atom stereocenters. The summed E-state index contributed by atoms with van der Waals surface area (Å²) in [5.41, 5.74) is 3.32. The number of rotatable bonds is 1. The summed E-state index contributed by atoms with van der Waals surface area (Å²) in [4.78, 5) is 12.1. The van der Waals surface area contributed by atoms with Crippen LogP contribution in [-0.2, 0) is 11.2 Å². The molecular formula is C16H15ClN2O. The molecule has 3 rings (SSSR count). The molecule has 0 saturated carbocycles. The Hall–Kier alpha value is -1.79. The highest BCUT2D eigenvalue weighted by Crippen LogP contribution is 2.34. The van der Waals surface area contributed by atoms with Crippen molar-refractivity contribution in [3.8, 4) is 11.8 Å². The van der Waals surface area contributed by atoms with Crippen molar-refractivity contribution in [3.05, 3.63) is 34.3 Å². The van der Waals surface area contributed by atoms with E-state index in [0.717, 1.165) is 29.1 Å². The van der Waals surface area contributed by atoms with E-state index < -0.39 is 0 Å².